The third kappa shape index (κ3) is 3.88. The van der Waals surface area contributed by atoms with Gasteiger partial charge in [0.1, 0.15) is 11.2 Å². The normalized spacial score (nSPS) is 17.9. The standard InChI is InChI=1S/C18H24N4O3/c1-13-4-3-5-16-19-11-15(18(24)22(13)16)17(23)20-10-14-6-7-21(12-14)8-9-25-2/h3-5,11,14H,6-10,12H2,1-2H3,(H,20,23)/t14-/m1/s1. The van der Waals surface area contributed by atoms with E-state index < -0.39 is 0 Å². The molecule has 134 valence electrons. The Morgan fingerprint density at radius 2 is 2.28 bits per heavy atom. The number of likely N-dealkylation sites (tertiary alicyclic amines) is 1. The zero-order valence-corrected chi connectivity index (χ0v) is 14.7. The molecular weight excluding hydrogens is 320 g/mol. The molecule has 0 bridgehead atoms. The van der Waals surface area contributed by atoms with Gasteiger partial charge in [0.05, 0.1) is 6.61 Å². The number of hydrogen-bond donors (Lipinski definition) is 1. The van der Waals surface area contributed by atoms with Crippen molar-refractivity contribution in [2.75, 3.05) is 39.9 Å². The fourth-order valence-electron chi connectivity index (χ4n) is 3.27. The van der Waals surface area contributed by atoms with E-state index in [1.165, 1.54) is 10.6 Å². The predicted molar refractivity (Wildman–Crippen MR) is 95.0 cm³/mol. The smallest absolute Gasteiger partial charge is 0.270 e. The number of carbonyl (C=O) groups is 1. The molecule has 1 aliphatic rings. The number of rotatable bonds is 6. The molecule has 2 aromatic heterocycles. The molecule has 3 heterocycles. The molecule has 0 aromatic carbocycles. The Morgan fingerprint density at radius 1 is 1.44 bits per heavy atom. The third-order valence-corrected chi connectivity index (χ3v) is 4.70. The largest absolute Gasteiger partial charge is 0.383 e. The van der Waals surface area contributed by atoms with Crippen molar-refractivity contribution in [3.63, 3.8) is 0 Å². The van der Waals surface area contributed by atoms with Crippen molar-refractivity contribution in [2.24, 2.45) is 5.92 Å². The molecule has 0 aliphatic carbocycles. The molecule has 25 heavy (non-hydrogen) atoms. The number of amides is 1. The number of ether oxygens (including phenoxy) is 1. The Balaban J connectivity index is 1.64. The summed E-state index contributed by atoms with van der Waals surface area (Å²) in [6.07, 6.45) is 2.41. The number of pyridine rings is 1. The van der Waals surface area contributed by atoms with E-state index in [2.05, 4.69) is 15.2 Å². The fraction of sp³-hybridized carbons (Fsp3) is 0.500. The van der Waals surface area contributed by atoms with Crippen molar-refractivity contribution >= 4 is 11.6 Å². The first-order valence-corrected chi connectivity index (χ1v) is 8.57. The molecule has 3 rings (SSSR count). The molecule has 1 N–H and O–H groups in total. The Kier molecular flexibility index (Phi) is 5.45. The predicted octanol–water partition coefficient (Wildman–Crippen LogP) is 0.701. The van der Waals surface area contributed by atoms with Crippen LogP contribution < -0.4 is 10.9 Å². The van der Waals surface area contributed by atoms with Crippen LogP contribution in [0.4, 0.5) is 0 Å². The number of aryl methyl sites for hydroxylation is 1. The molecular formula is C18H24N4O3. The Morgan fingerprint density at radius 3 is 3.08 bits per heavy atom. The molecule has 2 aromatic rings. The zero-order chi connectivity index (χ0) is 17.8. The number of methoxy groups -OCH3 is 1. The molecule has 0 saturated carbocycles. The van der Waals surface area contributed by atoms with Crippen LogP contribution in [0.5, 0.6) is 0 Å². The minimum absolute atomic E-state index is 0.0843. The average Bonchev–Trinajstić information content (AvgIpc) is 3.06. The first-order chi connectivity index (χ1) is 12.1. The van der Waals surface area contributed by atoms with Gasteiger partial charge in [-0.05, 0) is 37.9 Å². The number of hydrogen-bond acceptors (Lipinski definition) is 5. The maximum Gasteiger partial charge on any atom is 0.270 e. The van der Waals surface area contributed by atoms with Crippen LogP contribution in [0.25, 0.3) is 5.65 Å². The summed E-state index contributed by atoms with van der Waals surface area (Å²) in [6, 6.07) is 5.42. The number of fused-ring (bicyclic) bond motifs is 1. The number of aromatic nitrogens is 2. The summed E-state index contributed by atoms with van der Waals surface area (Å²) in [5, 5.41) is 2.89. The van der Waals surface area contributed by atoms with E-state index >= 15 is 0 Å². The van der Waals surface area contributed by atoms with Crippen molar-refractivity contribution in [1.29, 1.82) is 0 Å². The second-order valence-corrected chi connectivity index (χ2v) is 6.50. The summed E-state index contributed by atoms with van der Waals surface area (Å²) < 4.78 is 6.57. The van der Waals surface area contributed by atoms with Crippen molar-refractivity contribution in [3.05, 3.63) is 46.0 Å². The Bertz CT molecular complexity index is 818. The zero-order valence-electron chi connectivity index (χ0n) is 14.7. The minimum atomic E-state index is -0.356. The van der Waals surface area contributed by atoms with E-state index in [1.54, 1.807) is 13.2 Å². The van der Waals surface area contributed by atoms with E-state index in [9.17, 15) is 9.59 Å². The first-order valence-electron chi connectivity index (χ1n) is 8.57. The molecule has 0 spiro atoms. The highest BCUT2D eigenvalue weighted by molar-refractivity contribution is 5.93. The molecule has 7 heteroatoms. The highest BCUT2D eigenvalue weighted by Crippen LogP contribution is 2.14. The Labute approximate surface area is 146 Å². The lowest BCUT2D eigenvalue weighted by atomic mass is 10.1. The summed E-state index contributed by atoms with van der Waals surface area (Å²) in [4.78, 5) is 31.6. The van der Waals surface area contributed by atoms with Crippen molar-refractivity contribution < 1.29 is 9.53 Å². The highest BCUT2D eigenvalue weighted by atomic mass is 16.5. The molecule has 1 fully saturated rings. The molecule has 0 unspecified atom stereocenters. The van der Waals surface area contributed by atoms with Gasteiger partial charge in [-0.1, -0.05) is 6.07 Å². The van der Waals surface area contributed by atoms with Crippen LogP contribution in [0.3, 0.4) is 0 Å². The summed E-state index contributed by atoms with van der Waals surface area (Å²) in [5.74, 6) is 0.0456. The topological polar surface area (TPSA) is 75.9 Å². The van der Waals surface area contributed by atoms with Gasteiger partial charge in [-0.15, -0.1) is 0 Å². The van der Waals surface area contributed by atoms with Gasteiger partial charge in [0.25, 0.3) is 11.5 Å². The molecule has 0 radical (unpaired) electrons. The summed E-state index contributed by atoms with van der Waals surface area (Å²) in [5.41, 5.74) is 1.06. The number of carbonyl (C=O) groups excluding carboxylic acids is 1. The van der Waals surface area contributed by atoms with E-state index in [-0.39, 0.29) is 17.0 Å². The lowest BCUT2D eigenvalue weighted by Gasteiger charge is -2.15. The maximum absolute atomic E-state index is 12.6. The SMILES string of the molecule is COCCN1CC[C@H](CNC(=O)c2cnc3cccc(C)n3c2=O)C1. The molecule has 1 amide bonds. The van der Waals surface area contributed by atoms with Gasteiger partial charge in [-0.25, -0.2) is 4.98 Å². The second-order valence-electron chi connectivity index (χ2n) is 6.50. The van der Waals surface area contributed by atoms with Crippen LogP contribution in [-0.4, -0.2) is 60.1 Å². The minimum Gasteiger partial charge on any atom is -0.383 e. The highest BCUT2D eigenvalue weighted by Gasteiger charge is 2.23. The van der Waals surface area contributed by atoms with Crippen molar-refractivity contribution in [1.82, 2.24) is 19.6 Å². The van der Waals surface area contributed by atoms with Gasteiger partial charge < -0.3 is 15.0 Å². The quantitative estimate of drug-likeness (QED) is 0.835. The van der Waals surface area contributed by atoms with Crippen LogP contribution in [0.2, 0.25) is 0 Å². The average molecular weight is 344 g/mol. The van der Waals surface area contributed by atoms with Gasteiger partial charge in [0.2, 0.25) is 0 Å². The summed E-state index contributed by atoms with van der Waals surface area (Å²) in [7, 11) is 1.70. The van der Waals surface area contributed by atoms with Crippen LogP contribution in [-0.2, 0) is 4.74 Å². The molecule has 7 nitrogen and oxygen atoms in total. The first kappa shape index (κ1) is 17.6. The molecule has 1 atom stereocenters. The Hall–Kier alpha value is -2.25. The van der Waals surface area contributed by atoms with E-state index in [0.717, 1.165) is 38.4 Å². The van der Waals surface area contributed by atoms with Crippen molar-refractivity contribution in [3.8, 4) is 0 Å². The lowest BCUT2D eigenvalue weighted by Crippen LogP contribution is -2.35. The van der Waals surface area contributed by atoms with Crippen molar-refractivity contribution in [2.45, 2.75) is 13.3 Å². The monoisotopic (exact) mass is 344 g/mol. The molecule has 1 aliphatic heterocycles. The van der Waals surface area contributed by atoms with Gasteiger partial charge in [0.15, 0.2) is 0 Å². The van der Waals surface area contributed by atoms with Gasteiger partial charge in [-0.2, -0.15) is 0 Å². The van der Waals surface area contributed by atoms with Gasteiger partial charge >= 0.3 is 0 Å². The van der Waals surface area contributed by atoms with Crippen LogP contribution in [0, 0.1) is 12.8 Å². The van der Waals surface area contributed by atoms with E-state index in [4.69, 9.17) is 4.74 Å². The van der Waals surface area contributed by atoms with E-state index in [1.807, 2.05) is 19.1 Å². The molecule has 1 saturated heterocycles. The fourth-order valence-corrected chi connectivity index (χ4v) is 3.27. The summed E-state index contributed by atoms with van der Waals surface area (Å²) >= 11 is 0. The maximum atomic E-state index is 12.6. The summed E-state index contributed by atoms with van der Waals surface area (Å²) in [6.45, 7) is 5.98. The van der Waals surface area contributed by atoms with Gasteiger partial charge in [-0.3, -0.25) is 14.0 Å². The third-order valence-electron chi connectivity index (χ3n) is 4.70. The van der Waals surface area contributed by atoms with E-state index in [0.29, 0.717) is 18.1 Å². The van der Waals surface area contributed by atoms with Crippen LogP contribution in [0.1, 0.15) is 22.5 Å². The van der Waals surface area contributed by atoms with Crippen LogP contribution >= 0.6 is 0 Å². The lowest BCUT2D eigenvalue weighted by molar-refractivity contribution is 0.0944. The van der Waals surface area contributed by atoms with Crippen LogP contribution in [0.15, 0.2) is 29.2 Å². The van der Waals surface area contributed by atoms with Gasteiger partial charge in [0, 0.05) is 38.6 Å². The number of nitrogens with one attached hydrogen (secondary N) is 1. The number of nitrogens with zero attached hydrogens (tertiary/aromatic N) is 3. The second kappa shape index (κ2) is 7.76.